The Balaban J connectivity index is 1.70. The molecule has 2 aromatic rings. The van der Waals surface area contributed by atoms with Gasteiger partial charge < -0.3 is 5.32 Å². The van der Waals surface area contributed by atoms with Crippen molar-refractivity contribution in [1.29, 1.82) is 0 Å². The number of aromatic nitrogens is 2. The molecule has 0 aliphatic heterocycles. The van der Waals surface area contributed by atoms with Gasteiger partial charge in [0.1, 0.15) is 5.01 Å². The maximum absolute atomic E-state index is 4.29. The van der Waals surface area contributed by atoms with Crippen LogP contribution in [0.15, 0.2) is 17.5 Å². The molecule has 2 heterocycles. The number of rotatable bonds is 6. The summed E-state index contributed by atoms with van der Waals surface area (Å²) >= 11 is 3.53. The highest BCUT2D eigenvalue weighted by molar-refractivity contribution is 7.15. The van der Waals surface area contributed by atoms with Crippen LogP contribution < -0.4 is 5.32 Å². The minimum absolute atomic E-state index is 0.430. The third-order valence-electron chi connectivity index (χ3n) is 3.27. The van der Waals surface area contributed by atoms with Crippen molar-refractivity contribution in [1.82, 2.24) is 10.2 Å². The average molecular weight is 293 g/mol. The number of nitrogens with zero attached hydrogens (tertiary/aromatic N) is 2. The SMILES string of the molecule is CC(C)Cc1nnc(NC(c2cccs2)C2CC2)s1. The molecule has 0 radical (unpaired) electrons. The number of thiophene rings is 1. The molecule has 1 saturated carbocycles. The van der Waals surface area contributed by atoms with Gasteiger partial charge in [0.2, 0.25) is 5.13 Å². The smallest absolute Gasteiger partial charge is 0.206 e. The van der Waals surface area contributed by atoms with E-state index in [0.29, 0.717) is 12.0 Å². The zero-order chi connectivity index (χ0) is 13.2. The zero-order valence-corrected chi connectivity index (χ0v) is 12.9. The summed E-state index contributed by atoms with van der Waals surface area (Å²) in [5.41, 5.74) is 0. The van der Waals surface area contributed by atoms with Crippen molar-refractivity contribution < 1.29 is 0 Å². The van der Waals surface area contributed by atoms with Crippen molar-refractivity contribution >= 4 is 27.8 Å². The fourth-order valence-corrected chi connectivity index (χ4v) is 4.05. The number of hydrogen-bond donors (Lipinski definition) is 1. The third-order valence-corrected chi connectivity index (χ3v) is 5.10. The van der Waals surface area contributed by atoms with Gasteiger partial charge in [-0.2, -0.15) is 0 Å². The largest absolute Gasteiger partial charge is 0.352 e. The molecule has 1 unspecified atom stereocenters. The fraction of sp³-hybridized carbons (Fsp3) is 0.571. The number of hydrogen-bond acceptors (Lipinski definition) is 5. The number of anilines is 1. The van der Waals surface area contributed by atoms with Crippen LogP contribution in [0, 0.1) is 11.8 Å². The third kappa shape index (κ3) is 3.34. The lowest BCUT2D eigenvalue weighted by atomic mass is 10.1. The molecule has 19 heavy (non-hydrogen) atoms. The molecule has 0 saturated heterocycles. The summed E-state index contributed by atoms with van der Waals surface area (Å²) in [6.07, 6.45) is 3.67. The molecular formula is C14H19N3S2. The summed E-state index contributed by atoms with van der Waals surface area (Å²) < 4.78 is 0. The molecule has 3 rings (SSSR count). The van der Waals surface area contributed by atoms with Crippen molar-refractivity contribution in [2.45, 2.75) is 39.2 Å². The number of nitrogens with one attached hydrogen (secondary N) is 1. The van der Waals surface area contributed by atoms with Crippen LogP contribution >= 0.6 is 22.7 Å². The van der Waals surface area contributed by atoms with Gasteiger partial charge in [-0.05, 0) is 36.1 Å². The molecule has 0 spiro atoms. The van der Waals surface area contributed by atoms with E-state index < -0.39 is 0 Å². The van der Waals surface area contributed by atoms with E-state index in [9.17, 15) is 0 Å². The molecule has 1 aliphatic carbocycles. The van der Waals surface area contributed by atoms with Gasteiger partial charge >= 0.3 is 0 Å². The second kappa shape index (κ2) is 5.59. The topological polar surface area (TPSA) is 37.8 Å². The van der Waals surface area contributed by atoms with Crippen LogP contribution in [0.25, 0.3) is 0 Å². The van der Waals surface area contributed by atoms with Crippen molar-refractivity contribution in [3.8, 4) is 0 Å². The lowest BCUT2D eigenvalue weighted by Gasteiger charge is -2.15. The summed E-state index contributed by atoms with van der Waals surface area (Å²) in [6, 6.07) is 4.78. The molecule has 1 fully saturated rings. The van der Waals surface area contributed by atoms with E-state index in [4.69, 9.17) is 0 Å². The molecule has 1 N–H and O–H groups in total. The first-order chi connectivity index (χ1) is 9.22. The van der Waals surface area contributed by atoms with Crippen molar-refractivity contribution in [3.05, 3.63) is 27.4 Å². The average Bonchev–Trinajstić information content (AvgIpc) is 2.88. The van der Waals surface area contributed by atoms with Gasteiger partial charge in [0.25, 0.3) is 0 Å². The van der Waals surface area contributed by atoms with Crippen LogP contribution in [0.5, 0.6) is 0 Å². The Kier molecular flexibility index (Phi) is 3.84. The van der Waals surface area contributed by atoms with Gasteiger partial charge in [-0.25, -0.2) is 0 Å². The van der Waals surface area contributed by atoms with Gasteiger partial charge in [0.15, 0.2) is 0 Å². The fourth-order valence-electron chi connectivity index (χ4n) is 2.20. The molecule has 102 valence electrons. The predicted octanol–water partition coefficient (Wildman–Crippen LogP) is 4.36. The Morgan fingerprint density at radius 3 is 2.84 bits per heavy atom. The van der Waals surface area contributed by atoms with Crippen LogP contribution in [0.1, 0.15) is 42.6 Å². The summed E-state index contributed by atoms with van der Waals surface area (Å²) in [5, 5.41) is 16.4. The minimum Gasteiger partial charge on any atom is -0.352 e. The summed E-state index contributed by atoms with van der Waals surface area (Å²) in [7, 11) is 0. The van der Waals surface area contributed by atoms with E-state index in [-0.39, 0.29) is 0 Å². The highest BCUT2D eigenvalue weighted by Crippen LogP contribution is 2.44. The highest BCUT2D eigenvalue weighted by atomic mass is 32.1. The van der Waals surface area contributed by atoms with Crippen LogP contribution in [0.3, 0.4) is 0 Å². The summed E-state index contributed by atoms with van der Waals surface area (Å²) in [4.78, 5) is 1.42. The van der Waals surface area contributed by atoms with E-state index in [1.54, 1.807) is 11.3 Å². The molecular weight excluding hydrogens is 274 g/mol. The van der Waals surface area contributed by atoms with Crippen LogP contribution in [-0.2, 0) is 6.42 Å². The highest BCUT2D eigenvalue weighted by Gasteiger charge is 2.33. The minimum atomic E-state index is 0.430. The molecule has 0 aromatic carbocycles. The normalized spacial score (nSPS) is 16.8. The quantitative estimate of drug-likeness (QED) is 0.860. The predicted molar refractivity (Wildman–Crippen MR) is 81.9 cm³/mol. The van der Waals surface area contributed by atoms with Gasteiger partial charge in [-0.3, -0.25) is 0 Å². The zero-order valence-electron chi connectivity index (χ0n) is 11.3. The standard InChI is InChI=1S/C14H19N3S2/c1-9(2)8-12-16-17-14(19-12)15-13(10-5-6-10)11-4-3-7-18-11/h3-4,7,9-10,13H,5-6,8H2,1-2H3,(H,15,17). The summed E-state index contributed by atoms with van der Waals surface area (Å²) in [5.74, 6) is 1.41. The molecule has 2 aromatic heterocycles. The lowest BCUT2D eigenvalue weighted by molar-refractivity contribution is 0.639. The molecule has 1 aliphatic rings. The summed E-state index contributed by atoms with van der Waals surface area (Å²) in [6.45, 7) is 4.43. The molecule has 0 amide bonds. The lowest BCUT2D eigenvalue weighted by Crippen LogP contribution is -2.11. The second-order valence-electron chi connectivity index (χ2n) is 5.57. The molecule has 1 atom stereocenters. The Morgan fingerprint density at radius 2 is 2.21 bits per heavy atom. The van der Waals surface area contributed by atoms with Crippen molar-refractivity contribution in [2.24, 2.45) is 11.8 Å². The Hall–Kier alpha value is -0.940. The van der Waals surface area contributed by atoms with E-state index in [1.165, 1.54) is 17.7 Å². The van der Waals surface area contributed by atoms with Gasteiger partial charge in [0, 0.05) is 11.3 Å². The maximum Gasteiger partial charge on any atom is 0.206 e. The van der Waals surface area contributed by atoms with E-state index in [0.717, 1.165) is 22.5 Å². The van der Waals surface area contributed by atoms with Crippen LogP contribution in [0.2, 0.25) is 0 Å². The first-order valence-corrected chi connectivity index (χ1v) is 8.54. The first-order valence-electron chi connectivity index (χ1n) is 6.84. The van der Waals surface area contributed by atoms with Gasteiger partial charge in [0.05, 0.1) is 6.04 Å². The van der Waals surface area contributed by atoms with E-state index in [1.807, 2.05) is 11.3 Å². The second-order valence-corrected chi connectivity index (χ2v) is 7.62. The van der Waals surface area contributed by atoms with Crippen LogP contribution in [0.4, 0.5) is 5.13 Å². The Morgan fingerprint density at radius 1 is 1.37 bits per heavy atom. The van der Waals surface area contributed by atoms with E-state index >= 15 is 0 Å². The van der Waals surface area contributed by atoms with E-state index in [2.05, 4.69) is 46.9 Å². The Bertz CT molecular complexity index is 515. The first kappa shape index (κ1) is 13.1. The maximum atomic E-state index is 4.29. The Labute approximate surface area is 122 Å². The van der Waals surface area contributed by atoms with Crippen molar-refractivity contribution in [2.75, 3.05) is 5.32 Å². The van der Waals surface area contributed by atoms with Crippen molar-refractivity contribution in [3.63, 3.8) is 0 Å². The monoisotopic (exact) mass is 293 g/mol. The van der Waals surface area contributed by atoms with Gasteiger partial charge in [-0.15, -0.1) is 21.5 Å². The molecule has 5 heteroatoms. The molecule has 3 nitrogen and oxygen atoms in total. The molecule has 0 bridgehead atoms. The van der Waals surface area contributed by atoms with Crippen LogP contribution in [-0.4, -0.2) is 10.2 Å². The van der Waals surface area contributed by atoms with Gasteiger partial charge in [-0.1, -0.05) is 31.3 Å².